The van der Waals surface area contributed by atoms with E-state index in [4.69, 9.17) is 0 Å². The highest BCUT2D eigenvalue weighted by Crippen LogP contribution is 2.06. The summed E-state index contributed by atoms with van der Waals surface area (Å²) in [5.74, 6) is 0. The Hall–Kier alpha value is -0.820. The van der Waals surface area contributed by atoms with Gasteiger partial charge < -0.3 is 4.90 Å². The van der Waals surface area contributed by atoms with Crippen LogP contribution < -0.4 is 0 Å². The van der Waals surface area contributed by atoms with Crippen molar-refractivity contribution in [3.05, 3.63) is 36.5 Å². The summed E-state index contributed by atoms with van der Waals surface area (Å²) in [6.07, 6.45) is 33.7. The van der Waals surface area contributed by atoms with Crippen molar-refractivity contribution in [2.24, 2.45) is 0 Å². The van der Waals surface area contributed by atoms with Crippen LogP contribution >= 0.6 is 0 Å². The molecule has 0 radical (unpaired) electrons. The Kier molecular flexibility index (Phi) is 23.5. The second-order valence-electron chi connectivity index (χ2n) is 8.11. The molecule has 0 bridgehead atoms. The number of rotatable bonds is 21. The van der Waals surface area contributed by atoms with Crippen LogP contribution in [-0.2, 0) is 0 Å². The highest BCUT2D eigenvalue weighted by atomic mass is 15.1. The van der Waals surface area contributed by atoms with Crippen LogP contribution in [0.5, 0.6) is 0 Å². The maximum absolute atomic E-state index is 2.71. The van der Waals surface area contributed by atoms with Crippen LogP contribution in [0.4, 0.5) is 0 Å². The van der Waals surface area contributed by atoms with Gasteiger partial charge in [0.15, 0.2) is 0 Å². The van der Waals surface area contributed by atoms with Gasteiger partial charge >= 0.3 is 0 Å². The van der Waals surface area contributed by atoms with Gasteiger partial charge in [0.05, 0.1) is 0 Å². The fourth-order valence-electron chi connectivity index (χ4n) is 3.31. The molecule has 0 aliphatic carbocycles. The standard InChI is InChI=1S/C27H51N/c1-4-7-10-13-16-19-22-25-28(26-23-20-17-14-11-8-5-2)27-24-21-18-15-12-9-6-3/h13-18H,4-12,19-27H2,1-3H3/b16-13+,17-14+,18-15+. The van der Waals surface area contributed by atoms with E-state index in [0.29, 0.717) is 0 Å². The Morgan fingerprint density at radius 2 is 0.643 bits per heavy atom. The molecule has 0 saturated carbocycles. The Labute approximate surface area is 178 Å². The smallest absolute Gasteiger partial charge is 0.00158 e. The second kappa shape index (κ2) is 24.2. The summed E-state index contributed by atoms with van der Waals surface area (Å²) in [7, 11) is 0. The van der Waals surface area contributed by atoms with Gasteiger partial charge in [0.2, 0.25) is 0 Å². The van der Waals surface area contributed by atoms with Gasteiger partial charge in [-0.05, 0) is 77.4 Å². The summed E-state index contributed by atoms with van der Waals surface area (Å²) in [5, 5.41) is 0. The fraction of sp³-hybridized carbons (Fsp3) is 0.778. The molecule has 0 aromatic heterocycles. The van der Waals surface area contributed by atoms with Gasteiger partial charge in [0, 0.05) is 0 Å². The van der Waals surface area contributed by atoms with Crippen LogP contribution in [-0.4, -0.2) is 24.5 Å². The maximum atomic E-state index is 2.71. The van der Waals surface area contributed by atoms with E-state index in [1.807, 2.05) is 0 Å². The summed E-state index contributed by atoms with van der Waals surface area (Å²) in [6.45, 7) is 10.6. The predicted octanol–water partition coefficient (Wildman–Crippen LogP) is 8.87. The second-order valence-corrected chi connectivity index (χ2v) is 8.11. The predicted molar refractivity (Wildman–Crippen MR) is 130 cm³/mol. The van der Waals surface area contributed by atoms with E-state index < -0.39 is 0 Å². The van der Waals surface area contributed by atoms with Crippen LogP contribution in [0.2, 0.25) is 0 Å². The third-order valence-electron chi connectivity index (χ3n) is 5.21. The minimum atomic E-state index is 1.24. The Bertz CT molecular complexity index is 309. The Morgan fingerprint density at radius 1 is 0.393 bits per heavy atom. The maximum Gasteiger partial charge on any atom is -0.00158 e. The first kappa shape index (κ1) is 27.2. The number of hydrogen-bond acceptors (Lipinski definition) is 1. The zero-order valence-electron chi connectivity index (χ0n) is 19.6. The van der Waals surface area contributed by atoms with Gasteiger partial charge in [0.1, 0.15) is 0 Å². The first-order chi connectivity index (χ1) is 13.8. The summed E-state index contributed by atoms with van der Waals surface area (Å²) in [6, 6.07) is 0. The Morgan fingerprint density at radius 3 is 0.893 bits per heavy atom. The van der Waals surface area contributed by atoms with Gasteiger partial charge in [0.25, 0.3) is 0 Å². The van der Waals surface area contributed by atoms with Crippen molar-refractivity contribution in [2.45, 2.75) is 117 Å². The molecule has 0 unspecified atom stereocenters. The molecule has 0 aliphatic rings. The molecule has 0 aromatic carbocycles. The molecule has 28 heavy (non-hydrogen) atoms. The molecule has 0 saturated heterocycles. The van der Waals surface area contributed by atoms with Gasteiger partial charge in [-0.25, -0.2) is 0 Å². The molecular weight excluding hydrogens is 338 g/mol. The average Bonchev–Trinajstić information content (AvgIpc) is 2.71. The average molecular weight is 390 g/mol. The first-order valence-electron chi connectivity index (χ1n) is 12.5. The van der Waals surface area contributed by atoms with Gasteiger partial charge in [-0.3, -0.25) is 0 Å². The summed E-state index contributed by atoms with van der Waals surface area (Å²) < 4.78 is 0. The molecule has 1 nitrogen and oxygen atoms in total. The Balaban J connectivity index is 4.02. The lowest BCUT2D eigenvalue weighted by Crippen LogP contribution is -2.27. The van der Waals surface area contributed by atoms with E-state index in [1.54, 1.807) is 0 Å². The first-order valence-corrected chi connectivity index (χ1v) is 12.5. The molecule has 0 atom stereocenters. The lowest BCUT2D eigenvalue weighted by Gasteiger charge is -2.21. The third-order valence-corrected chi connectivity index (χ3v) is 5.21. The van der Waals surface area contributed by atoms with Crippen LogP contribution in [0.25, 0.3) is 0 Å². The van der Waals surface area contributed by atoms with E-state index in [1.165, 1.54) is 116 Å². The lowest BCUT2D eigenvalue weighted by molar-refractivity contribution is 0.266. The van der Waals surface area contributed by atoms with E-state index in [2.05, 4.69) is 62.1 Å². The van der Waals surface area contributed by atoms with E-state index in [-0.39, 0.29) is 0 Å². The zero-order valence-corrected chi connectivity index (χ0v) is 19.6. The van der Waals surface area contributed by atoms with Gasteiger partial charge in [-0.1, -0.05) is 95.8 Å². The zero-order chi connectivity index (χ0) is 20.5. The van der Waals surface area contributed by atoms with E-state index in [0.717, 1.165) is 0 Å². The number of nitrogens with zero attached hydrogens (tertiary/aromatic N) is 1. The van der Waals surface area contributed by atoms with Crippen molar-refractivity contribution in [1.29, 1.82) is 0 Å². The molecule has 0 aromatic rings. The molecule has 0 spiro atoms. The topological polar surface area (TPSA) is 3.24 Å². The van der Waals surface area contributed by atoms with E-state index >= 15 is 0 Å². The van der Waals surface area contributed by atoms with Crippen molar-refractivity contribution in [3.63, 3.8) is 0 Å². The largest absolute Gasteiger partial charge is 0.303 e. The summed E-state index contributed by atoms with van der Waals surface area (Å²) in [4.78, 5) is 2.71. The molecule has 1 heteroatoms. The van der Waals surface area contributed by atoms with Gasteiger partial charge in [-0.15, -0.1) is 0 Å². The molecule has 0 aliphatic heterocycles. The quantitative estimate of drug-likeness (QED) is 0.140. The van der Waals surface area contributed by atoms with Crippen molar-refractivity contribution >= 4 is 0 Å². The molecule has 0 amide bonds. The molecule has 0 fully saturated rings. The van der Waals surface area contributed by atoms with Crippen molar-refractivity contribution < 1.29 is 0 Å². The van der Waals surface area contributed by atoms with Crippen LogP contribution in [0, 0.1) is 0 Å². The highest BCUT2D eigenvalue weighted by Gasteiger charge is 2.03. The van der Waals surface area contributed by atoms with Crippen molar-refractivity contribution in [3.8, 4) is 0 Å². The number of allylic oxidation sites excluding steroid dienone is 6. The summed E-state index contributed by atoms with van der Waals surface area (Å²) >= 11 is 0. The monoisotopic (exact) mass is 389 g/mol. The number of unbranched alkanes of at least 4 members (excludes halogenated alkanes) is 9. The van der Waals surface area contributed by atoms with Crippen molar-refractivity contribution in [2.75, 3.05) is 19.6 Å². The summed E-state index contributed by atoms with van der Waals surface area (Å²) in [5.41, 5.74) is 0. The molecule has 0 heterocycles. The third kappa shape index (κ3) is 21.5. The number of hydrogen-bond donors (Lipinski definition) is 0. The SMILES string of the molecule is CCCC/C=C/CCCN(CCC/C=C/CCCC)CCC/C=C/CCCC. The van der Waals surface area contributed by atoms with Crippen LogP contribution in [0.1, 0.15) is 117 Å². The molecule has 0 rings (SSSR count). The molecule has 0 N–H and O–H groups in total. The van der Waals surface area contributed by atoms with Crippen LogP contribution in [0.15, 0.2) is 36.5 Å². The minimum Gasteiger partial charge on any atom is -0.303 e. The molecular formula is C27H51N. The minimum absolute atomic E-state index is 1.24. The fourth-order valence-corrected chi connectivity index (χ4v) is 3.31. The van der Waals surface area contributed by atoms with Crippen molar-refractivity contribution in [1.82, 2.24) is 4.90 Å². The van der Waals surface area contributed by atoms with E-state index in [9.17, 15) is 0 Å². The highest BCUT2D eigenvalue weighted by molar-refractivity contribution is 4.84. The normalized spacial score (nSPS) is 12.4. The van der Waals surface area contributed by atoms with Gasteiger partial charge in [-0.2, -0.15) is 0 Å². The lowest BCUT2D eigenvalue weighted by atomic mass is 10.1. The van der Waals surface area contributed by atoms with Crippen LogP contribution in [0.3, 0.4) is 0 Å². The molecule has 164 valence electrons.